The van der Waals surface area contributed by atoms with Gasteiger partial charge < -0.3 is 11.1 Å². The van der Waals surface area contributed by atoms with E-state index in [0.29, 0.717) is 28.3 Å². The van der Waals surface area contributed by atoms with Crippen LogP contribution in [0, 0.1) is 5.82 Å². The minimum Gasteiger partial charge on any atom is -0.398 e. The van der Waals surface area contributed by atoms with Gasteiger partial charge in [0.1, 0.15) is 11.6 Å². The Morgan fingerprint density at radius 1 is 1.22 bits per heavy atom. The van der Waals surface area contributed by atoms with Gasteiger partial charge in [0, 0.05) is 23.3 Å². The van der Waals surface area contributed by atoms with E-state index in [2.05, 4.69) is 10.3 Å². The smallest absolute Gasteiger partial charge is 0.136 e. The molecule has 1 aliphatic rings. The summed E-state index contributed by atoms with van der Waals surface area (Å²) < 4.78 is 13.7. The minimum atomic E-state index is -0.254. The first kappa shape index (κ1) is 11.3. The maximum absolute atomic E-state index is 13.7. The Morgan fingerprint density at radius 3 is 2.78 bits per heavy atom. The van der Waals surface area contributed by atoms with Gasteiger partial charge in [0.05, 0.1) is 5.39 Å². The third kappa shape index (κ3) is 1.88. The first-order chi connectivity index (χ1) is 8.75. The molecule has 18 heavy (non-hydrogen) atoms. The van der Waals surface area contributed by atoms with Crippen molar-refractivity contribution in [1.29, 1.82) is 0 Å². The monoisotopic (exact) mass is 245 g/mol. The molecule has 0 atom stereocenters. The number of hydrogen-bond acceptors (Lipinski definition) is 3. The number of pyridine rings is 1. The second-order valence-corrected chi connectivity index (χ2v) is 4.84. The minimum absolute atomic E-state index is 0.254. The van der Waals surface area contributed by atoms with E-state index in [-0.39, 0.29) is 5.82 Å². The lowest BCUT2D eigenvalue weighted by Crippen LogP contribution is -2.16. The molecule has 1 heterocycles. The molecule has 1 aromatic carbocycles. The van der Waals surface area contributed by atoms with Crippen molar-refractivity contribution in [1.82, 2.24) is 4.98 Å². The molecule has 1 aliphatic carbocycles. The number of benzene rings is 1. The molecular weight excluding hydrogens is 229 g/mol. The molecule has 1 aromatic heterocycles. The van der Waals surface area contributed by atoms with Crippen molar-refractivity contribution in [3.05, 3.63) is 30.2 Å². The Hall–Kier alpha value is -1.84. The van der Waals surface area contributed by atoms with Gasteiger partial charge in [-0.05, 0) is 31.0 Å². The molecule has 3 rings (SSSR count). The highest BCUT2D eigenvalue weighted by Gasteiger charge is 2.17. The maximum Gasteiger partial charge on any atom is 0.136 e. The number of nitrogens with two attached hydrogens (primary N) is 1. The van der Waals surface area contributed by atoms with Crippen LogP contribution in [0.2, 0.25) is 0 Å². The summed E-state index contributed by atoms with van der Waals surface area (Å²) in [5.41, 5.74) is 6.52. The summed E-state index contributed by atoms with van der Waals surface area (Å²) in [7, 11) is 0. The van der Waals surface area contributed by atoms with Crippen molar-refractivity contribution >= 4 is 22.3 Å². The van der Waals surface area contributed by atoms with E-state index < -0.39 is 0 Å². The lowest BCUT2D eigenvalue weighted by Gasteiger charge is -2.15. The maximum atomic E-state index is 13.7. The van der Waals surface area contributed by atoms with Gasteiger partial charge in [-0.2, -0.15) is 0 Å². The fourth-order valence-electron chi connectivity index (χ4n) is 2.66. The molecule has 1 fully saturated rings. The highest BCUT2D eigenvalue weighted by Crippen LogP contribution is 2.31. The highest BCUT2D eigenvalue weighted by atomic mass is 19.1. The molecule has 0 unspecified atom stereocenters. The zero-order valence-corrected chi connectivity index (χ0v) is 10.1. The molecule has 3 N–H and O–H groups in total. The highest BCUT2D eigenvalue weighted by molar-refractivity contribution is 6.01. The normalized spacial score (nSPS) is 16.3. The number of fused-ring (bicyclic) bond motifs is 1. The topological polar surface area (TPSA) is 50.9 Å². The van der Waals surface area contributed by atoms with Gasteiger partial charge >= 0.3 is 0 Å². The Kier molecular flexibility index (Phi) is 2.78. The van der Waals surface area contributed by atoms with Crippen LogP contribution in [0.5, 0.6) is 0 Å². The Balaban J connectivity index is 2.08. The molecule has 0 bridgehead atoms. The molecule has 0 amide bonds. The molecule has 0 spiro atoms. The van der Waals surface area contributed by atoms with Crippen LogP contribution >= 0.6 is 0 Å². The Morgan fingerprint density at radius 2 is 2.00 bits per heavy atom. The molecule has 3 nitrogen and oxygen atoms in total. The molecule has 0 radical (unpaired) electrons. The van der Waals surface area contributed by atoms with Gasteiger partial charge in [-0.3, -0.25) is 0 Å². The summed E-state index contributed by atoms with van der Waals surface area (Å²) in [6, 6.07) is 5.10. The average molecular weight is 245 g/mol. The summed E-state index contributed by atoms with van der Waals surface area (Å²) >= 11 is 0. The Bertz CT molecular complexity index is 577. The van der Waals surface area contributed by atoms with E-state index in [1.807, 2.05) is 0 Å². The van der Waals surface area contributed by atoms with Crippen LogP contribution < -0.4 is 11.1 Å². The zero-order valence-electron chi connectivity index (χ0n) is 10.1. The van der Waals surface area contributed by atoms with Crippen molar-refractivity contribution in [2.75, 3.05) is 11.1 Å². The summed E-state index contributed by atoms with van der Waals surface area (Å²) in [6.45, 7) is 0. The zero-order chi connectivity index (χ0) is 12.5. The summed E-state index contributed by atoms with van der Waals surface area (Å²) in [5, 5.41) is 4.63. The number of halogens is 1. The number of anilines is 2. The van der Waals surface area contributed by atoms with E-state index in [9.17, 15) is 4.39 Å². The summed E-state index contributed by atoms with van der Waals surface area (Å²) in [4.78, 5) is 4.31. The fourth-order valence-corrected chi connectivity index (χ4v) is 2.66. The largest absolute Gasteiger partial charge is 0.398 e. The van der Waals surface area contributed by atoms with Crippen LogP contribution in [0.4, 0.5) is 15.9 Å². The first-order valence-corrected chi connectivity index (χ1v) is 6.35. The van der Waals surface area contributed by atoms with Gasteiger partial charge in [-0.25, -0.2) is 9.37 Å². The van der Waals surface area contributed by atoms with Gasteiger partial charge in [0.15, 0.2) is 0 Å². The average Bonchev–Trinajstić information content (AvgIpc) is 2.87. The van der Waals surface area contributed by atoms with Crippen LogP contribution in [0.1, 0.15) is 25.7 Å². The second-order valence-electron chi connectivity index (χ2n) is 4.84. The van der Waals surface area contributed by atoms with Gasteiger partial charge in [-0.1, -0.05) is 12.8 Å². The number of nitrogen functional groups attached to an aromatic ring is 1. The first-order valence-electron chi connectivity index (χ1n) is 6.35. The molecule has 4 heteroatoms. The third-order valence-electron chi connectivity index (χ3n) is 3.60. The van der Waals surface area contributed by atoms with Gasteiger partial charge in [0.2, 0.25) is 0 Å². The standard InChI is InChI=1S/C14H16FN3/c15-11-5-6-12(16)13-10(11)7-8-17-14(13)18-9-3-1-2-4-9/h5-9H,1-4,16H2,(H,17,18). The SMILES string of the molecule is Nc1ccc(F)c2ccnc(NC3CCCC3)c12. The number of hydrogen-bond donors (Lipinski definition) is 2. The molecule has 1 saturated carbocycles. The van der Waals surface area contributed by atoms with Crippen LogP contribution in [0.3, 0.4) is 0 Å². The van der Waals surface area contributed by atoms with Crippen molar-refractivity contribution in [2.45, 2.75) is 31.7 Å². The molecule has 0 aliphatic heterocycles. The Labute approximate surface area is 105 Å². The molecule has 94 valence electrons. The predicted octanol–water partition coefficient (Wildman–Crippen LogP) is 3.31. The van der Waals surface area contributed by atoms with E-state index in [0.717, 1.165) is 12.8 Å². The van der Waals surface area contributed by atoms with Gasteiger partial charge in [-0.15, -0.1) is 0 Å². The lowest BCUT2D eigenvalue weighted by molar-refractivity contribution is 0.640. The van der Waals surface area contributed by atoms with Crippen molar-refractivity contribution in [2.24, 2.45) is 0 Å². The van der Waals surface area contributed by atoms with Crippen LogP contribution in [0.25, 0.3) is 10.8 Å². The van der Waals surface area contributed by atoms with Gasteiger partial charge in [0.25, 0.3) is 0 Å². The van der Waals surface area contributed by atoms with E-state index in [1.165, 1.54) is 18.9 Å². The van der Waals surface area contributed by atoms with Crippen LogP contribution in [-0.4, -0.2) is 11.0 Å². The molecule has 0 saturated heterocycles. The summed E-state index contributed by atoms with van der Waals surface area (Å²) in [6.07, 6.45) is 6.40. The quantitative estimate of drug-likeness (QED) is 0.798. The number of rotatable bonds is 2. The lowest BCUT2D eigenvalue weighted by atomic mass is 10.1. The summed E-state index contributed by atoms with van der Waals surface area (Å²) in [5.74, 6) is 0.451. The second kappa shape index (κ2) is 4.44. The van der Waals surface area contributed by atoms with Crippen LogP contribution in [0.15, 0.2) is 24.4 Å². The number of nitrogens with zero attached hydrogens (tertiary/aromatic N) is 1. The number of aromatic nitrogens is 1. The van der Waals surface area contributed by atoms with Crippen LogP contribution in [-0.2, 0) is 0 Å². The van der Waals surface area contributed by atoms with E-state index in [4.69, 9.17) is 5.73 Å². The van der Waals surface area contributed by atoms with E-state index >= 15 is 0 Å². The van der Waals surface area contributed by atoms with Crippen molar-refractivity contribution in [3.63, 3.8) is 0 Å². The van der Waals surface area contributed by atoms with Crippen molar-refractivity contribution in [3.8, 4) is 0 Å². The fraction of sp³-hybridized carbons (Fsp3) is 0.357. The molecular formula is C14H16FN3. The number of nitrogens with one attached hydrogen (secondary N) is 1. The van der Waals surface area contributed by atoms with Crippen molar-refractivity contribution < 1.29 is 4.39 Å². The van der Waals surface area contributed by atoms with E-state index in [1.54, 1.807) is 18.3 Å². The predicted molar refractivity (Wildman–Crippen MR) is 72.0 cm³/mol. The molecule has 2 aromatic rings. The third-order valence-corrected chi connectivity index (χ3v) is 3.60.